The van der Waals surface area contributed by atoms with Gasteiger partial charge in [-0.3, -0.25) is 4.79 Å². The van der Waals surface area contributed by atoms with E-state index < -0.39 is 11.7 Å². The molecule has 1 fully saturated rings. The smallest absolute Gasteiger partial charge is 0.311 e. The lowest BCUT2D eigenvalue weighted by atomic mass is 10.0. The number of alkyl halides is 3. The Kier molecular flexibility index (Phi) is 4.32. The summed E-state index contributed by atoms with van der Waals surface area (Å²) in [5.41, 5.74) is -0.416. The van der Waals surface area contributed by atoms with Gasteiger partial charge in [-0.25, -0.2) is 0 Å². The minimum absolute atomic E-state index is 0.155. The molecule has 1 heterocycles. The Morgan fingerprint density at radius 2 is 2.15 bits per heavy atom. The van der Waals surface area contributed by atoms with Gasteiger partial charge in [0.1, 0.15) is 0 Å². The average molecular weight is 286 g/mol. The van der Waals surface area contributed by atoms with Crippen LogP contribution in [0.15, 0.2) is 24.3 Å². The fraction of sp³-hybridized carbons (Fsp3) is 0.500. The van der Waals surface area contributed by atoms with E-state index in [1.807, 2.05) is 6.92 Å². The molecular weight excluding hydrogens is 269 g/mol. The molecule has 1 aromatic rings. The molecular formula is C14H17F3N2O. The van der Waals surface area contributed by atoms with Crippen molar-refractivity contribution in [3.05, 3.63) is 29.8 Å². The maximum Gasteiger partial charge on any atom is 0.416 e. The first-order valence-corrected chi connectivity index (χ1v) is 6.65. The molecule has 3 nitrogen and oxygen atoms in total. The molecule has 1 unspecified atom stereocenters. The zero-order valence-corrected chi connectivity index (χ0v) is 11.2. The number of carbonyl (C=O) groups excluding carboxylic acids is 1. The number of rotatable bonds is 3. The summed E-state index contributed by atoms with van der Waals surface area (Å²) in [7, 11) is 0. The molecule has 1 aliphatic rings. The predicted molar refractivity (Wildman–Crippen MR) is 70.5 cm³/mol. The van der Waals surface area contributed by atoms with E-state index in [9.17, 15) is 18.0 Å². The molecule has 0 saturated carbocycles. The predicted octanol–water partition coefficient (Wildman–Crippen LogP) is 2.81. The van der Waals surface area contributed by atoms with Crippen LogP contribution < -0.4 is 10.2 Å². The molecule has 1 amide bonds. The summed E-state index contributed by atoms with van der Waals surface area (Å²) in [6, 6.07) is 4.62. The van der Waals surface area contributed by atoms with E-state index in [0.29, 0.717) is 18.8 Å². The number of anilines is 1. The number of nitrogens with one attached hydrogen (secondary N) is 1. The molecule has 1 aromatic carbocycles. The molecule has 0 spiro atoms. The van der Waals surface area contributed by atoms with Crippen LogP contribution in [0.25, 0.3) is 0 Å². The Bertz CT molecular complexity index is 486. The van der Waals surface area contributed by atoms with Gasteiger partial charge in [0.05, 0.1) is 11.6 Å². The Hall–Kier alpha value is -1.56. The van der Waals surface area contributed by atoms with Gasteiger partial charge in [-0.05, 0) is 37.6 Å². The van der Waals surface area contributed by atoms with Crippen molar-refractivity contribution >= 4 is 11.6 Å². The second-order valence-electron chi connectivity index (χ2n) is 4.79. The van der Waals surface area contributed by atoms with Crippen LogP contribution in [0.1, 0.15) is 25.3 Å². The maximum absolute atomic E-state index is 12.7. The van der Waals surface area contributed by atoms with E-state index in [1.54, 1.807) is 6.07 Å². The fourth-order valence-corrected chi connectivity index (χ4v) is 2.42. The highest BCUT2D eigenvalue weighted by atomic mass is 19.4. The van der Waals surface area contributed by atoms with Gasteiger partial charge in [0.15, 0.2) is 0 Å². The lowest BCUT2D eigenvalue weighted by molar-refractivity contribution is -0.137. The van der Waals surface area contributed by atoms with Gasteiger partial charge in [-0.1, -0.05) is 13.0 Å². The van der Waals surface area contributed by atoms with E-state index in [1.165, 1.54) is 11.0 Å². The molecule has 0 radical (unpaired) electrons. The maximum atomic E-state index is 12.7. The van der Waals surface area contributed by atoms with Crippen LogP contribution in [0.2, 0.25) is 0 Å². The zero-order valence-electron chi connectivity index (χ0n) is 11.2. The highest BCUT2D eigenvalue weighted by Gasteiger charge is 2.33. The van der Waals surface area contributed by atoms with Crippen molar-refractivity contribution in [2.45, 2.75) is 32.0 Å². The summed E-state index contributed by atoms with van der Waals surface area (Å²) in [6.07, 6.45) is -2.89. The van der Waals surface area contributed by atoms with Gasteiger partial charge < -0.3 is 10.2 Å². The molecule has 1 N–H and O–H groups in total. The number of hydrogen-bond acceptors (Lipinski definition) is 2. The number of nitrogens with zero attached hydrogens (tertiary/aromatic N) is 1. The van der Waals surface area contributed by atoms with Crippen molar-refractivity contribution < 1.29 is 18.0 Å². The molecule has 0 aliphatic carbocycles. The number of carbonyl (C=O) groups is 1. The number of hydrogen-bond donors (Lipinski definition) is 1. The van der Waals surface area contributed by atoms with Crippen LogP contribution in [-0.2, 0) is 11.0 Å². The van der Waals surface area contributed by atoms with E-state index in [-0.39, 0.29) is 11.9 Å². The van der Waals surface area contributed by atoms with Crippen molar-refractivity contribution in [1.29, 1.82) is 0 Å². The Morgan fingerprint density at radius 3 is 2.80 bits per heavy atom. The molecule has 1 atom stereocenters. The summed E-state index contributed by atoms with van der Waals surface area (Å²) in [4.78, 5) is 13.7. The summed E-state index contributed by atoms with van der Waals surface area (Å²) in [5, 5.41) is 3.07. The monoisotopic (exact) mass is 286 g/mol. The quantitative estimate of drug-likeness (QED) is 0.926. The van der Waals surface area contributed by atoms with Crippen molar-refractivity contribution in [3.8, 4) is 0 Å². The van der Waals surface area contributed by atoms with Gasteiger partial charge in [0.25, 0.3) is 0 Å². The van der Waals surface area contributed by atoms with Gasteiger partial charge in [0.2, 0.25) is 5.91 Å². The zero-order chi connectivity index (χ0) is 14.8. The fourth-order valence-electron chi connectivity index (χ4n) is 2.42. The molecule has 0 aromatic heterocycles. The van der Waals surface area contributed by atoms with Gasteiger partial charge >= 0.3 is 6.18 Å². The second-order valence-corrected chi connectivity index (χ2v) is 4.79. The Balaban J connectivity index is 2.24. The number of amides is 1. The molecule has 20 heavy (non-hydrogen) atoms. The minimum atomic E-state index is -4.39. The highest BCUT2D eigenvalue weighted by molar-refractivity contribution is 5.98. The van der Waals surface area contributed by atoms with Gasteiger partial charge in [0, 0.05) is 12.2 Å². The normalized spacial score (nSPS) is 20.3. The van der Waals surface area contributed by atoms with E-state index >= 15 is 0 Å². The molecule has 110 valence electrons. The number of halogens is 3. The number of likely N-dealkylation sites (N-methyl/N-ethyl adjacent to an activating group) is 1. The molecule has 2 rings (SSSR count). The third kappa shape index (κ3) is 3.12. The van der Waals surface area contributed by atoms with Crippen LogP contribution >= 0.6 is 0 Å². The first kappa shape index (κ1) is 14.8. The molecule has 6 heteroatoms. The van der Waals surface area contributed by atoms with Crippen molar-refractivity contribution in [2.24, 2.45) is 0 Å². The molecule has 1 aliphatic heterocycles. The Morgan fingerprint density at radius 1 is 1.40 bits per heavy atom. The summed E-state index contributed by atoms with van der Waals surface area (Å²) in [6.45, 7) is 3.02. The number of piperidine rings is 1. The summed E-state index contributed by atoms with van der Waals surface area (Å²) < 4.78 is 38.1. The molecule has 1 saturated heterocycles. The summed E-state index contributed by atoms with van der Waals surface area (Å²) in [5.74, 6) is -0.155. The van der Waals surface area contributed by atoms with Crippen LogP contribution in [-0.4, -0.2) is 25.0 Å². The van der Waals surface area contributed by atoms with Crippen molar-refractivity contribution in [1.82, 2.24) is 5.32 Å². The largest absolute Gasteiger partial charge is 0.416 e. The first-order chi connectivity index (χ1) is 9.43. The average Bonchev–Trinajstić information content (AvgIpc) is 2.41. The standard InChI is InChI=1S/C14H17F3N2O/c1-2-18-12-7-4-8-19(13(12)20)11-6-3-5-10(9-11)14(15,16)17/h3,5-6,9,12,18H,2,4,7-8H2,1H3. The van der Waals surface area contributed by atoms with Crippen molar-refractivity contribution in [3.63, 3.8) is 0 Å². The SMILES string of the molecule is CCNC1CCCN(c2cccc(C(F)(F)F)c2)C1=O. The van der Waals surface area contributed by atoms with E-state index in [2.05, 4.69) is 5.32 Å². The lowest BCUT2D eigenvalue weighted by Crippen LogP contribution is -2.50. The first-order valence-electron chi connectivity index (χ1n) is 6.65. The lowest BCUT2D eigenvalue weighted by Gasteiger charge is -2.33. The van der Waals surface area contributed by atoms with Crippen LogP contribution in [0.4, 0.5) is 18.9 Å². The number of benzene rings is 1. The van der Waals surface area contributed by atoms with E-state index in [0.717, 1.165) is 25.0 Å². The van der Waals surface area contributed by atoms with Crippen LogP contribution in [0, 0.1) is 0 Å². The van der Waals surface area contributed by atoms with Crippen LogP contribution in [0.5, 0.6) is 0 Å². The third-order valence-electron chi connectivity index (χ3n) is 3.37. The molecule has 0 bridgehead atoms. The van der Waals surface area contributed by atoms with Crippen LogP contribution in [0.3, 0.4) is 0 Å². The third-order valence-corrected chi connectivity index (χ3v) is 3.37. The minimum Gasteiger partial charge on any atom is -0.311 e. The van der Waals surface area contributed by atoms with Crippen molar-refractivity contribution in [2.75, 3.05) is 18.0 Å². The topological polar surface area (TPSA) is 32.3 Å². The van der Waals surface area contributed by atoms with E-state index in [4.69, 9.17) is 0 Å². The second kappa shape index (κ2) is 5.83. The van der Waals surface area contributed by atoms with Gasteiger partial charge in [-0.15, -0.1) is 0 Å². The summed E-state index contributed by atoms with van der Waals surface area (Å²) >= 11 is 0. The Labute approximate surface area is 115 Å². The highest BCUT2D eigenvalue weighted by Crippen LogP contribution is 2.32. The van der Waals surface area contributed by atoms with Gasteiger partial charge in [-0.2, -0.15) is 13.2 Å².